The highest BCUT2D eigenvalue weighted by molar-refractivity contribution is 6.36. The van der Waals surface area contributed by atoms with Gasteiger partial charge in [-0.05, 0) is 42.8 Å². The first-order valence-electron chi connectivity index (χ1n) is 7.44. The van der Waals surface area contributed by atoms with Gasteiger partial charge < -0.3 is 0 Å². The van der Waals surface area contributed by atoms with Crippen molar-refractivity contribution in [2.75, 3.05) is 9.80 Å². The zero-order valence-electron chi connectivity index (χ0n) is 13.0. The molecule has 3 amide bonds. The van der Waals surface area contributed by atoms with Crippen LogP contribution < -0.4 is 20.7 Å². The molecule has 0 saturated carbocycles. The third-order valence-electron chi connectivity index (χ3n) is 4.05. The lowest BCUT2D eigenvalue weighted by Crippen LogP contribution is -2.30. The van der Waals surface area contributed by atoms with Crippen molar-refractivity contribution in [1.82, 2.24) is 10.9 Å². The summed E-state index contributed by atoms with van der Waals surface area (Å²) in [6, 6.07) is 9.98. The molecule has 0 aliphatic carbocycles. The molecule has 2 aliphatic heterocycles. The first-order chi connectivity index (χ1) is 12.0. The number of hydrazine groups is 1. The minimum Gasteiger partial charge on any atom is -0.281 e. The number of nitrogens with one attached hydrogen (secondary N) is 2. The average molecular weight is 375 g/mol. The lowest BCUT2D eigenvalue weighted by atomic mass is 10.1. The number of hydrogen-bond donors (Lipinski definition) is 2. The van der Waals surface area contributed by atoms with E-state index >= 15 is 0 Å². The molecule has 0 bridgehead atoms. The van der Waals surface area contributed by atoms with Gasteiger partial charge in [-0.25, -0.2) is 15.1 Å². The van der Waals surface area contributed by atoms with Crippen LogP contribution in [0.25, 0.3) is 0 Å². The van der Waals surface area contributed by atoms with E-state index in [-0.39, 0.29) is 5.91 Å². The summed E-state index contributed by atoms with van der Waals surface area (Å²) in [5, 5.41) is 0.928. The summed E-state index contributed by atoms with van der Waals surface area (Å²) in [5.74, 6) is 0.00825. The molecule has 6 nitrogen and oxygen atoms in total. The maximum absolute atomic E-state index is 13.0. The second kappa shape index (κ2) is 5.68. The Morgan fingerprint density at radius 3 is 2.52 bits per heavy atom. The maximum atomic E-state index is 13.0. The molecule has 2 aliphatic rings. The molecule has 4 rings (SSSR count). The zero-order valence-corrected chi connectivity index (χ0v) is 14.5. The molecule has 0 atom stereocenters. The topological polar surface area (TPSA) is 64.7 Å². The zero-order chi connectivity index (χ0) is 17.7. The molecule has 2 aromatic carbocycles. The summed E-state index contributed by atoms with van der Waals surface area (Å²) in [6.07, 6.45) is 1.35. The van der Waals surface area contributed by atoms with Crippen molar-refractivity contribution < 1.29 is 9.59 Å². The van der Waals surface area contributed by atoms with Crippen molar-refractivity contribution in [3.8, 4) is 0 Å². The number of fused-ring (bicyclic) bond motifs is 3. The number of halogens is 2. The van der Waals surface area contributed by atoms with Gasteiger partial charge >= 0.3 is 6.03 Å². The van der Waals surface area contributed by atoms with Gasteiger partial charge in [-0.3, -0.25) is 15.1 Å². The summed E-state index contributed by atoms with van der Waals surface area (Å²) >= 11 is 12.5. The Balaban J connectivity index is 2.01. The highest BCUT2D eigenvalue weighted by atomic mass is 35.5. The van der Waals surface area contributed by atoms with Gasteiger partial charge in [0.1, 0.15) is 5.82 Å². The molecule has 2 N–H and O–H groups in total. The summed E-state index contributed by atoms with van der Waals surface area (Å²) in [7, 11) is 0. The molecule has 126 valence electrons. The van der Waals surface area contributed by atoms with Crippen molar-refractivity contribution in [1.29, 1.82) is 0 Å². The van der Waals surface area contributed by atoms with E-state index in [1.54, 1.807) is 36.4 Å². The molecular formula is C17H12Cl2N4O2. The van der Waals surface area contributed by atoms with Crippen LogP contribution in [-0.4, -0.2) is 11.9 Å². The normalized spacial score (nSPS) is 15.9. The molecular weight excluding hydrogens is 363 g/mol. The molecule has 1 saturated heterocycles. The lowest BCUT2D eigenvalue weighted by molar-refractivity contribution is -0.113. The van der Waals surface area contributed by atoms with Crippen LogP contribution in [-0.2, 0) is 4.79 Å². The number of nitrogens with zero attached hydrogens (tertiary/aromatic N) is 2. The van der Waals surface area contributed by atoms with E-state index in [0.717, 1.165) is 5.56 Å². The number of urea groups is 1. The SMILES string of the molecule is Cc1cc(Cl)ccc1N1C(=O)C=C2NNC(=O)N2c2cccc(Cl)c21. The maximum Gasteiger partial charge on any atom is 0.346 e. The largest absolute Gasteiger partial charge is 0.346 e. The number of benzene rings is 2. The monoisotopic (exact) mass is 374 g/mol. The van der Waals surface area contributed by atoms with Crippen molar-refractivity contribution in [3.05, 3.63) is 63.9 Å². The average Bonchev–Trinajstić information content (AvgIpc) is 2.85. The number of hydrogen-bond acceptors (Lipinski definition) is 3. The molecule has 2 heterocycles. The van der Waals surface area contributed by atoms with Crippen molar-refractivity contribution in [2.24, 2.45) is 0 Å². The number of amides is 3. The van der Waals surface area contributed by atoms with Crippen molar-refractivity contribution in [2.45, 2.75) is 6.92 Å². The van der Waals surface area contributed by atoms with Crippen molar-refractivity contribution >= 4 is 52.2 Å². The number of carbonyl (C=O) groups excluding carboxylic acids is 2. The summed E-state index contributed by atoms with van der Waals surface area (Å²) < 4.78 is 0. The smallest absolute Gasteiger partial charge is 0.281 e. The summed E-state index contributed by atoms with van der Waals surface area (Å²) in [6.45, 7) is 1.86. The van der Waals surface area contributed by atoms with E-state index in [2.05, 4.69) is 10.9 Å². The van der Waals surface area contributed by atoms with Crippen LogP contribution in [0.4, 0.5) is 21.9 Å². The number of anilines is 3. The standard InChI is InChI=1S/C17H12Cl2N4O2/c1-9-7-10(18)5-6-12(9)23-15(24)8-14-20-21-17(25)22(14)13-4-2-3-11(19)16(13)23/h2-8,20H,1H3,(H,21,25). The number of carbonyl (C=O) groups is 2. The molecule has 0 spiro atoms. The fourth-order valence-corrected chi connectivity index (χ4v) is 3.47. The third-order valence-corrected chi connectivity index (χ3v) is 4.59. The van der Waals surface area contributed by atoms with Gasteiger partial charge in [0.2, 0.25) is 0 Å². The fraction of sp³-hybridized carbons (Fsp3) is 0.0588. The Kier molecular flexibility index (Phi) is 3.59. The Hall–Kier alpha value is -2.70. The number of rotatable bonds is 1. The van der Waals surface area contributed by atoms with Gasteiger partial charge in [-0.2, -0.15) is 0 Å². The quantitative estimate of drug-likeness (QED) is 0.796. The first-order valence-corrected chi connectivity index (χ1v) is 8.19. The van der Waals surface area contributed by atoms with Crippen LogP contribution in [0.2, 0.25) is 10.0 Å². The van der Waals surface area contributed by atoms with E-state index in [9.17, 15) is 9.59 Å². The molecule has 0 aromatic heterocycles. The Bertz CT molecular complexity index is 958. The predicted molar refractivity (Wildman–Crippen MR) is 97.0 cm³/mol. The third kappa shape index (κ3) is 2.42. The van der Waals surface area contributed by atoms with Gasteiger partial charge in [-0.1, -0.05) is 29.3 Å². The van der Waals surface area contributed by atoms with Gasteiger partial charge in [0.15, 0.2) is 0 Å². The van der Waals surface area contributed by atoms with Crippen LogP contribution in [0.5, 0.6) is 0 Å². The molecule has 0 radical (unpaired) electrons. The number of para-hydroxylation sites is 1. The van der Waals surface area contributed by atoms with E-state index in [4.69, 9.17) is 23.2 Å². The Morgan fingerprint density at radius 2 is 1.76 bits per heavy atom. The number of aryl methyl sites for hydroxylation is 1. The minimum atomic E-state index is -0.391. The molecule has 8 heteroatoms. The highest BCUT2D eigenvalue weighted by Crippen LogP contribution is 2.44. The van der Waals surface area contributed by atoms with Gasteiger partial charge in [0, 0.05) is 11.1 Å². The first kappa shape index (κ1) is 15.8. The van der Waals surface area contributed by atoms with Crippen LogP contribution >= 0.6 is 23.2 Å². The fourth-order valence-electron chi connectivity index (χ4n) is 2.98. The van der Waals surface area contributed by atoms with Crippen LogP contribution in [0.3, 0.4) is 0 Å². The van der Waals surface area contributed by atoms with Gasteiger partial charge in [0.25, 0.3) is 5.91 Å². The van der Waals surface area contributed by atoms with Crippen LogP contribution in [0.1, 0.15) is 5.56 Å². The summed E-state index contributed by atoms with van der Waals surface area (Å²) in [4.78, 5) is 28.1. The summed E-state index contributed by atoms with van der Waals surface area (Å²) in [5.41, 5.74) is 7.58. The second-order valence-electron chi connectivity index (χ2n) is 5.63. The minimum absolute atomic E-state index is 0.332. The van der Waals surface area contributed by atoms with Crippen LogP contribution in [0.15, 0.2) is 48.3 Å². The highest BCUT2D eigenvalue weighted by Gasteiger charge is 2.36. The lowest BCUT2D eigenvalue weighted by Gasteiger charge is -2.26. The van der Waals surface area contributed by atoms with Gasteiger partial charge in [-0.15, -0.1) is 0 Å². The second-order valence-corrected chi connectivity index (χ2v) is 6.48. The Labute approximate surface area is 153 Å². The van der Waals surface area contributed by atoms with E-state index in [1.807, 2.05) is 6.92 Å². The van der Waals surface area contributed by atoms with E-state index in [0.29, 0.717) is 32.9 Å². The van der Waals surface area contributed by atoms with Gasteiger partial charge in [0.05, 0.1) is 22.1 Å². The van der Waals surface area contributed by atoms with Crippen molar-refractivity contribution in [3.63, 3.8) is 0 Å². The molecule has 1 fully saturated rings. The predicted octanol–water partition coefficient (Wildman–Crippen LogP) is 3.86. The molecule has 25 heavy (non-hydrogen) atoms. The van der Waals surface area contributed by atoms with Crippen LogP contribution in [0, 0.1) is 6.92 Å². The van der Waals surface area contributed by atoms with E-state index < -0.39 is 6.03 Å². The molecule has 0 unspecified atom stereocenters. The Morgan fingerprint density at radius 1 is 0.960 bits per heavy atom. The molecule has 2 aromatic rings. The van der Waals surface area contributed by atoms with E-state index in [1.165, 1.54) is 15.9 Å².